The van der Waals surface area contributed by atoms with Crippen LogP contribution >= 0.6 is 23.4 Å². The van der Waals surface area contributed by atoms with Gasteiger partial charge in [0.2, 0.25) is 0 Å². The molecular weight excluding hydrogens is 212 g/mol. The van der Waals surface area contributed by atoms with Gasteiger partial charge >= 0.3 is 0 Å². The van der Waals surface area contributed by atoms with Gasteiger partial charge in [-0.25, -0.2) is 0 Å². The first-order valence-corrected chi connectivity index (χ1v) is 6.67. The van der Waals surface area contributed by atoms with Crippen LogP contribution in [0, 0.1) is 0 Å². The van der Waals surface area contributed by atoms with Crippen molar-refractivity contribution in [1.82, 2.24) is 0 Å². The number of thioether (sulfide) groups is 1. The van der Waals surface area contributed by atoms with Crippen molar-refractivity contribution in [3.8, 4) is 0 Å². The summed E-state index contributed by atoms with van der Waals surface area (Å²) in [6.07, 6.45) is 3.92. The molecule has 14 heavy (non-hydrogen) atoms. The van der Waals surface area contributed by atoms with E-state index in [0.717, 1.165) is 0 Å². The van der Waals surface area contributed by atoms with Crippen molar-refractivity contribution in [1.29, 1.82) is 0 Å². The molecule has 0 aliphatic heterocycles. The highest BCUT2D eigenvalue weighted by atomic mass is 35.5. The minimum atomic E-state index is 0.622. The Kier molecular flexibility index (Phi) is 6.13. The van der Waals surface area contributed by atoms with Crippen LogP contribution in [0.15, 0.2) is 29.2 Å². The third-order valence-corrected chi connectivity index (χ3v) is 3.61. The average molecular weight is 229 g/mol. The Bertz CT molecular complexity index is 260. The second-order valence-corrected chi connectivity index (χ2v) is 4.70. The summed E-state index contributed by atoms with van der Waals surface area (Å²) >= 11 is 7.79. The highest BCUT2D eigenvalue weighted by Gasteiger charge is 1.99. The maximum Gasteiger partial charge on any atom is 0.0485 e. The summed E-state index contributed by atoms with van der Waals surface area (Å²) in [6, 6.07) is 8.40. The Balaban J connectivity index is 2.41. The van der Waals surface area contributed by atoms with Crippen LogP contribution in [0.1, 0.15) is 31.7 Å². The molecule has 0 saturated heterocycles. The molecule has 0 N–H and O–H groups in total. The summed E-state index contributed by atoms with van der Waals surface area (Å²) in [5.74, 6) is 1.83. The zero-order chi connectivity index (χ0) is 10.2. The van der Waals surface area contributed by atoms with E-state index in [9.17, 15) is 0 Å². The second kappa shape index (κ2) is 7.19. The zero-order valence-corrected chi connectivity index (χ0v) is 10.2. The first-order valence-electron chi connectivity index (χ1n) is 5.15. The quantitative estimate of drug-likeness (QED) is 0.386. The Hall–Kier alpha value is -0.140. The molecular formula is C12H17ClS. The first kappa shape index (κ1) is 11.9. The van der Waals surface area contributed by atoms with Gasteiger partial charge in [0.15, 0.2) is 0 Å². The number of rotatable bonds is 6. The molecule has 0 spiro atoms. The third kappa shape index (κ3) is 3.93. The maximum absolute atomic E-state index is 5.86. The van der Waals surface area contributed by atoms with E-state index in [1.54, 1.807) is 0 Å². The van der Waals surface area contributed by atoms with E-state index >= 15 is 0 Å². The fraction of sp³-hybridized carbons (Fsp3) is 0.500. The number of hydrogen-bond acceptors (Lipinski definition) is 1. The summed E-state index contributed by atoms with van der Waals surface area (Å²) in [5.41, 5.74) is 1.26. The molecule has 1 aromatic rings. The van der Waals surface area contributed by atoms with Crippen molar-refractivity contribution in [3.05, 3.63) is 29.8 Å². The van der Waals surface area contributed by atoms with Gasteiger partial charge in [-0.15, -0.1) is 23.4 Å². The molecule has 0 amide bonds. The topological polar surface area (TPSA) is 0 Å². The molecule has 0 nitrogen and oxygen atoms in total. The number of unbranched alkanes of at least 4 members (excludes halogenated alkanes) is 2. The summed E-state index contributed by atoms with van der Waals surface area (Å²) in [4.78, 5) is 1.35. The van der Waals surface area contributed by atoms with Crippen molar-refractivity contribution in [2.75, 3.05) is 5.75 Å². The third-order valence-electron chi connectivity index (χ3n) is 2.12. The second-order valence-electron chi connectivity index (χ2n) is 3.30. The number of halogens is 1. The average Bonchev–Trinajstić information content (AvgIpc) is 2.25. The summed E-state index contributed by atoms with van der Waals surface area (Å²) in [6.45, 7) is 2.23. The van der Waals surface area contributed by atoms with E-state index in [0.29, 0.717) is 5.88 Å². The molecule has 0 bridgehead atoms. The van der Waals surface area contributed by atoms with Gasteiger partial charge in [-0.3, -0.25) is 0 Å². The van der Waals surface area contributed by atoms with E-state index in [-0.39, 0.29) is 0 Å². The van der Waals surface area contributed by atoms with E-state index in [1.165, 1.54) is 35.5 Å². The van der Waals surface area contributed by atoms with Crippen molar-refractivity contribution in [2.45, 2.75) is 37.0 Å². The molecule has 78 valence electrons. The SMILES string of the molecule is CCCCCSc1ccccc1CCl. The van der Waals surface area contributed by atoms with Gasteiger partial charge in [-0.05, 0) is 23.8 Å². The number of benzene rings is 1. The highest BCUT2D eigenvalue weighted by molar-refractivity contribution is 7.99. The van der Waals surface area contributed by atoms with Gasteiger partial charge in [-0.1, -0.05) is 38.0 Å². The molecule has 0 fully saturated rings. The smallest absolute Gasteiger partial charge is 0.0485 e. The Morgan fingerprint density at radius 2 is 2.00 bits per heavy atom. The summed E-state index contributed by atoms with van der Waals surface area (Å²) in [7, 11) is 0. The predicted octanol–water partition coefficient (Wildman–Crippen LogP) is 4.71. The molecule has 1 aromatic carbocycles. The van der Waals surface area contributed by atoms with Crippen LogP contribution in [-0.2, 0) is 5.88 Å². The van der Waals surface area contributed by atoms with E-state index in [1.807, 2.05) is 17.8 Å². The van der Waals surface area contributed by atoms with Crippen LogP contribution in [0.2, 0.25) is 0 Å². The zero-order valence-electron chi connectivity index (χ0n) is 8.63. The molecule has 0 saturated carbocycles. The Labute approximate surface area is 96.0 Å². The molecule has 2 heteroatoms. The molecule has 0 aliphatic carbocycles. The lowest BCUT2D eigenvalue weighted by Crippen LogP contribution is -1.85. The molecule has 0 atom stereocenters. The molecule has 0 radical (unpaired) electrons. The van der Waals surface area contributed by atoms with Crippen LogP contribution in [0.25, 0.3) is 0 Å². The maximum atomic E-state index is 5.86. The predicted molar refractivity (Wildman–Crippen MR) is 66.2 cm³/mol. The van der Waals surface area contributed by atoms with Gasteiger partial charge < -0.3 is 0 Å². The van der Waals surface area contributed by atoms with Gasteiger partial charge in [0, 0.05) is 10.8 Å². The first-order chi connectivity index (χ1) is 6.88. The van der Waals surface area contributed by atoms with Crippen molar-refractivity contribution in [2.24, 2.45) is 0 Å². The number of hydrogen-bond donors (Lipinski definition) is 0. The van der Waals surface area contributed by atoms with Crippen LogP contribution in [0.5, 0.6) is 0 Å². The molecule has 1 rings (SSSR count). The fourth-order valence-electron chi connectivity index (χ4n) is 1.29. The van der Waals surface area contributed by atoms with Gasteiger partial charge in [0.05, 0.1) is 0 Å². The van der Waals surface area contributed by atoms with Crippen LogP contribution in [-0.4, -0.2) is 5.75 Å². The van der Waals surface area contributed by atoms with Crippen molar-refractivity contribution in [3.63, 3.8) is 0 Å². The minimum Gasteiger partial charge on any atom is -0.126 e. The van der Waals surface area contributed by atoms with Gasteiger partial charge in [0.25, 0.3) is 0 Å². The van der Waals surface area contributed by atoms with Crippen LogP contribution in [0.3, 0.4) is 0 Å². The monoisotopic (exact) mass is 228 g/mol. The van der Waals surface area contributed by atoms with E-state index < -0.39 is 0 Å². The number of alkyl halides is 1. The Morgan fingerprint density at radius 1 is 1.21 bits per heavy atom. The van der Waals surface area contributed by atoms with Crippen molar-refractivity contribution < 1.29 is 0 Å². The lowest BCUT2D eigenvalue weighted by atomic mass is 10.2. The van der Waals surface area contributed by atoms with Gasteiger partial charge in [0.1, 0.15) is 0 Å². The molecule has 0 unspecified atom stereocenters. The van der Waals surface area contributed by atoms with E-state index in [4.69, 9.17) is 11.6 Å². The van der Waals surface area contributed by atoms with E-state index in [2.05, 4.69) is 25.1 Å². The van der Waals surface area contributed by atoms with Crippen molar-refractivity contribution >= 4 is 23.4 Å². The largest absolute Gasteiger partial charge is 0.126 e. The fourth-order valence-corrected chi connectivity index (χ4v) is 2.67. The lowest BCUT2D eigenvalue weighted by molar-refractivity contribution is 0.778. The molecule has 0 heterocycles. The lowest BCUT2D eigenvalue weighted by Gasteiger charge is -2.05. The highest BCUT2D eigenvalue weighted by Crippen LogP contribution is 2.24. The summed E-state index contributed by atoms with van der Waals surface area (Å²) in [5, 5.41) is 0. The summed E-state index contributed by atoms with van der Waals surface area (Å²) < 4.78 is 0. The molecule has 0 aromatic heterocycles. The van der Waals surface area contributed by atoms with Crippen LogP contribution in [0.4, 0.5) is 0 Å². The minimum absolute atomic E-state index is 0.622. The Morgan fingerprint density at radius 3 is 2.71 bits per heavy atom. The normalized spacial score (nSPS) is 10.4. The van der Waals surface area contributed by atoms with Crippen LogP contribution < -0.4 is 0 Å². The molecule has 0 aliphatic rings. The standard InChI is InChI=1S/C12H17ClS/c1-2-3-6-9-14-12-8-5-4-7-11(12)10-13/h4-5,7-8H,2-3,6,9-10H2,1H3. The van der Waals surface area contributed by atoms with Gasteiger partial charge in [-0.2, -0.15) is 0 Å².